The number of benzene rings is 1. The summed E-state index contributed by atoms with van der Waals surface area (Å²) in [4.78, 5) is 27.1. The summed E-state index contributed by atoms with van der Waals surface area (Å²) < 4.78 is 0. The first-order valence-corrected chi connectivity index (χ1v) is 9.08. The van der Waals surface area contributed by atoms with E-state index in [2.05, 4.69) is 18.0 Å². The van der Waals surface area contributed by atoms with E-state index in [-0.39, 0.29) is 24.7 Å². The molecule has 0 unspecified atom stereocenters. The molecule has 1 aromatic rings. The summed E-state index contributed by atoms with van der Waals surface area (Å²) in [7, 11) is 0. The Hall–Kier alpha value is -2.85. The van der Waals surface area contributed by atoms with Crippen LogP contribution in [0.15, 0.2) is 36.9 Å². The van der Waals surface area contributed by atoms with E-state index in [9.17, 15) is 9.59 Å². The maximum absolute atomic E-state index is 12.6. The highest BCUT2D eigenvalue weighted by atomic mass is 16.4. The number of amides is 2. The molecule has 0 aromatic heterocycles. The molecule has 7 nitrogen and oxygen atoms in total. The molecule has 2 N–H and O–H groups in total. The van der Waals surface area contributed by atoms with Crippen LogP contribution < -0.4 is 5.32 Å². The van der Waals surface area contributed by atoms with Gasteiger partial charge in [-0.15, -0.1) is 6.58 Å². The van der Waals surface area contributed by atoms with Crippen LogP contribution in [0.1, 0.15) is 30.9 Å². The Morgan fingerprint density at radius 3 is 2.78 bits per heavy atom. The summed E-state index contributed by atoms with van der Waals surface area (Å²) >= 11 is 0. The van der Waals surface area contributed by atoms with Crippen LogP contribution in [0.4, 0.5) is 4.79 Å². The maximum atomic E-state index is 12.6. The molecule has 27 heavy (non-hydrogen) atoms. The van der Waals surface area contributed by atoms with Crippen molar-refractivity contribution in [2.24, 2.45) is 0 Å². The highest BCUT2D eigenvalue weighted by molar-refractivity contribution is 5.75. The quantitative estimate of drug-likeness (QED) is 0.650. The number of nitrogens with zero attached hydrogens (tertiary/aromatic N) is 3. The van der Waals surface area contributed by atoms with Gasteiger partial charge < -0.3 is 15.3 Å². The van der Waals surface area contributed by atoms with Crippen molar-refractivity contribution in [1.82, 2.24) is 15.1 Å². The Labute approximate surface area is 159 Å². The van der Waals surface area contributed by atoms with Gasteiger partial charge in [-0.05, 0) is 37.1 Å². The summed E-state index contributed by atoms with van der Waals surface area (Å²) in [6.07, 6.45) is 3.17. The molecule has 1 fully saturated rings. The van der Waals surface area contributed by atoms with E-state index < -0.39 is 5.97 Å². The Bertz CT molecular complexity index is 722. The highest BCUT2D eigenvalue weighted by Crippen LogP contribution is 2.25. The van der Waals surface area contributed by atoms with E-state index >= 15 is 0 Å². The van der Waals surface area contributed by atoms with E-state index in [1.165, 1.54) is 0 Å². The van der Waals surface area contributed by atoms with Crippen molar-refractivity contribution < 1.29 is 14.7 Å². The molecular weight excluding hydrogens is 344 g/mol. The summed E-state index contributed by atoms with van der Waals surface area (Å²) in [6, 6.07) is 9.34. The first kappa shape index (κ1) is 20.5. The maximum Gasteiger partial charge on any atom is 0.318 e. The van der Waals surface area contributed by atoms with Gasteiger partial charge in [0, 0.05) is 25.2 Å². The number of rotatable bonds is 9. The van der Waals surface area contributed by atoms with Crippen molar-refractivity contribution in [3.63, 3.8) is 0 Å². The van der Waals surface area contributed by atoms with Gasteiger partial charge >= 0.3 is 12.0 Å². The van der Waals surface area contributed by atoms with Crippen LogP contribution in [0.3, 0.4) is 0 Å². The summed E-state index contributed by atoms with van der Waals surface area (Å²) in [5, 5.41) is 21.0. The third-order valence-corrected chi connectivity index (χ3v) is 4.77. The van der Waals surface area contributed by atoms with E-state index in [1.54, 1.807) is 29.2 Å². The number of carboxylic acid groups (broad SMARTS) is 1. The van der Waals surface area contributed by atoms with Gasteiger partial charge in [0.25, 0.3) is 0 Å². The Morgan fingerprint density at radius 1 is 1.44 bits per heavy atom. The average molecular weight is 370 g/mol. The second-order valence-electron chi connectivity index (χ2n) is 6.71. The van der Waals surface area contributed by atoms with Crippen molar-refractivity contribution in [3.8, 4) is 6.07 Å². The predicted octanol–water partition coefficient (Wildman–Crippen LogP) is 2.19. The highest BCUT2D eigenvalue weighted by Gasteiger charge is 2.35. The van der Waals surface area contributed by atoms with Crippen LogP contribution >= 0.6 is 0 Å². The zero-order valence-corrected chi connectivity index (χ0v) is 15.6. The lowest BCUT2D eigenvalue weighted by Crippen LogP contribution is -2.56. The Balaban J connectivity index is 1.89. The van der Waals surface area contributed by atoms with Crippen molar-refractivity contribution >= 4 is 12.0 Å². The molecule has 7 heteroatoms. The van der Waals surface area contributed by atoms with Crippen molar-refractivity contribution in [2.45, 2.75) is 38.4 Å². The normalized spacial score (nSPS) is 18.3. The zero-order chi connectivity index (χ0) is 19.8. The molecular formula is C20H26N4O3. The van der Waals surface area contributed by atoms with Gasteiger partial charge in [-0.3, -0.25) is 9.69 Å². The number of likely N-dealkylation sites (N-methyl/N-ethyl adjacent to an activating group) is 1. The van der Waals surface area contributed by atoms with Crippen molar-refractivity contribution in [3.05, 3.63) is 48.0 Å². The largest absolute Gasteiger partial charge is 0.480 e. The smallest absolute Gasteiger partial charge is 0.318 e. The van der Waals surface area contributed by atoms with Gasteiger partial charge in [-0.2, -0.15) is 5.26 Å². The minimum atomic E-state index is -0.832. The molecule has 0 saturated heterocycles. The molecule has 2 amide bonds. The molecule has 0 radical (unpaired) electrons. The van der Waals surface area contributed by atoms with Crippen molar-refractivity contribution in [2.75, 3.05) is 19.6 Å². The summed E-state index contributed by atoms with van der Waals surface area (Å²) in [5.74, 6) is -0.832. The topological polar surface area (TPSA) is 96.7 Å². The minimum absolute atomic E-state index is 0.0274. The van der Waals surface area contributed by atoms with Crippen LogP contribution in [0.2, 0.25) is 0 Å². The Morgan fingerprint density at radius 2 is 2.19 bits per heavy atom. The molecule has 2 rings (SSSR count). The molecule has 0 spiro atoms. The van der Waals surface area contributed by atoms with Gasteiger partial charge in [0.15, 0.2) is 0 Å². The van der Waals surface area contributed by atoms with Gasteiger partial charge in [0.1, 0.15) is 0 Å². The third kappa shape index (κ3) is 5.83. The number of nitrogens with one attached hydrogen (secondary N) is 1. The fourth-order valence-corrected chi connectivity index (χ4v) is 3.28. The van der Waals surface area contributed by atoms with Gasteiger partial charge in [-0.25, -0.2) is 4.79 Å². The van der Waals surface area contributed by atoms with Crippen LogP contribution in [-0.2, 0) is 11.3 Å². The van der Waals surface area contributed by atoms with Gasteiger partial charge in [-0.1, -0.05) is 25.1 Å². The average Bonchev–Trinajstić information content (AvgIpc) is 2.62. The van der Waals surface area contributed by atoms with Crippen LogP contribution in [0, 0.1) is 11.3 Å². The van der Waals surface area contributed by atoms with Gasteiger partial charge in [0.2, 0.25) is 0 Å². The van der Waals surface area contributed by atoms with E-state index in [0.29, 0.717) is 25.2 Å². The molecule has 1 saturated carbocycles. The Kier molecular flexibility index (Phi) is 7.38. The van der Waals surface area contributed by atoms with Crippen LogP contribution in [0.25, 0.3) is 0 Å². The van der Waals surface area contributed by atoms with Crippen molar-refractivity contribution in [1.29, 1.82) is 5.26 Å². The number of carbonyl (C=O) groups is 2. The lowest BCUT2D eigenvalue weighted by Gasteiger charge is -2.42. The molecule has 144 valence electrons. The van der Waals surface area contributed by atoms with Crippen LogP contribution in [0.5, 0.6) is 0 Å². The minimum Gasteiger partial charge on any atom is -0.480 e. The number of hydrogen-bond acceptors (Lipinski definition) is 4. The molecule has 1 aliphatic rings. The number of carboxylic acids is 1. The number of carbonyl (C=O) groups excluding carboxylic acids is 1. The molecule has 0 atom stereocenters. The summed E-state index contributed by atoms with van der Waals surface area (Å²) in [6.45, 7) is 7.15. The molecule has 1 aliphatic carbocycles. The first-order chi connectivity index (χ1) is 13.0. The number of hydrogen-bond donors (Lipinski definition) is 2. The third-order valence-electron chi connectivity index (χ3n) is 4.77. The second-order valence-corrected chi connectivity index (χ2v) is 6.71. The zero-order valence-electron chi connectivity index (χ0n) is 15.6. The monoisotopic (exact) mass is 370 g/mol. The fraction of sp³-hybridized carbons (Fsp3) is 0.450. The fourth-order valence-electron chi connectivity index (χ4n) is 3.28. The molecule has 0 aliphatic heterocycles. The van der Waals surface area contributed by atoms with E-state index in [0.717, 1.165) is 18.4 Å². The molecule has 1 aromatic carbocycles. The molecule has 0 bridgehead atoms. The lowest BCUT2D eigenvalue weighted by atomic mass is 9.85. The van der Waals surface area contributed by atoms with E-state index in [4.69, 9.17) is 10.4 Å². The van der Waals surface area contributed by atoms with Crippen LogP contribution in [-0.4, -0.2) is 58.6 Å². The number of urea groups is 1. The number of nitriles is 1. The lowest BCUT2D eigenvalue weighted by molar-refractivity contribution is -0.139. The second kappa shape index (κ2) is 9.74. The first-order valence-electron chi connectivity index (χ1n) is 9.08. The van der Waals surface area contributed by atoms with Gasteiger partial charge in [0.05, 0.1) is 18.2 Å². The van der Waals surface area contributed by atoms with E-state index in [1.807, 2.05) is 17.9 Å². The predicted molar refractivity (Wildman–Crippen MR) is 102 cm³/mol. The summed E-state index contributed by atoms with van der Waals surface area (Å²) in [5.41, 5.74) is 1.45. The standard InChI is InChI=1S/C20H26N4O3/c1-3-8-24(13-16-7-5-6-15(9-16)12-21)20(27)22-17-10-18(11-17)23(4-2)14-19(25)26/h3,5-7,9,17-18H,1,4,8,10-11,13-14H2,2H3,(H,22,27)(H,25,26). The SMILES string of the molecule is C=CCN(Cc1cccc(C#N)c1)C(=O)NC1CC(N(CC)CC(=O)O)C1. The molecule has 0 heterocycles. The number of aliphatic carboxylic acids is 1.